The lowest BCUT2D eigenvalue weighted by atomic mass is 9.74. The number of benzene rings is 2. The summed E-state index contributed by atoms with van der Waals surface area (Å²) in [5, 5.41) is 3.23. The van der Waals surface area contributed by atoms with Crippen LogP contribution in [0.4, 0.5) is 0 Å². The minimum Gasteiger partial charge on any atom is -0.340 e. The summed E-state index contributed by atoms with van der Waals surface area (Å²) in [5.41, 5.74) is 0.294. The van der Waals surface area contributed by atoms with Gasteiger partial charge in [-0.3, -0.25) is 14.4 Å². The van der Waals surface area contributed by atoms with E-state index in [1.165, 1.54) is 24.6 Å². The largest absolute Gasteiger partial charge is 0.358 e. The molecule has 0 bridgehead atoms. The van der Waals surface area contributed by atoms with Crippen LogP contribution in [0.25, 0.3) is 0 Å². The molecule has 154 valence electrons. The van der Waals surface area contributed by atoms with E-state index in [0.29, 0.717) is 30.7 Å². The molecule has 0 aromatic heterocycles. The topological polar surface area (TPSA) is 92.8 Å². The fourth-order valence-corrected chi connectivity index (χ4v) is 4.31. The second kappa shape index (κ2) is 7.74. The molecule has 2 aliphatic rings. The van der Waals surface area contributed by atoms with E-state index in [1.54, 1.807) is 12.1 Å². The number of nitrogens with zero attached hydrogens (tertiary/aromatic N) is 1. The van der Waals surface area contributed by atoms with Crippen molar-refractivity contribution in [2.24, 2.45) is 0 Å². The Labute approximate surface area is 174 Å². The van der Waals surface area contributed by atoms with Crippen molar-refractivity contribution in [3.63, 3.8) is 0 Å². The second-order valence-corrected chi connectivity index (χ2v) is 7.78. The highest BCUT2D eigenvalue weighted by atomic mass is 16.7. The first-order valence-electron chi connectivity index (χ1n) is 9.95. The number of carbonyl (C=O) groups excluding carboxylic acids is 4. The van der Waals surface area contributed by atoms with Gasteiger partial charge in [-0.05, 0) is 49.3 Å². The molecule has 7 nitrogen and oxygen atoms in total. The van der Waals surface area contributed by atoms with Crippen LogP contribution in [0, 0.1) is 0 Å². The Hall–Kier alpha value is -3.48. The number of carbonyl (C=O) groups is 4. The van der Waals surface area contributed by atoms with Gasteiger partial charge in [-0.1, -0.05) is 47.5 Å². The molecule has 4 rings (SSSR count). The predicted octanol–water partition coefficient (Wildman–Crippen LogP) is 2.97. The Morgan fingerprint density at radius 3 is 2.00 bits per heavy atom. The molecule has 7 heteroatoms. The number of hydrogen-bond donors (Lipinski definition) is 1. The van der Waals surface area contributed by atoms with Gasteiger partial charge in [0.05, 0.1) is 11.1 Å². The van der Waals surface area contributed by atoms with Crippen LogP contribution in [-0.2, 0) is 14.4 Å². The molecule has 1 N–H and O–H groups in total. The fourth-order valence-electron chi connectivity index (χ4n) is 4.31. The van der Waals surface area contributed by atoms with Gasteiger partial charge in [0.2, 0.25) is 5.91 Å². The first-order chi connectivity index (χ1) is 14.4. The van der Waals surface area contributed by atoms with Crippen LogP contribution in [0.2, 0.25) is 0 Å². The van der Waals surface area contributed by atoms with E-state index >= 15 is 0 Å². The maximum Gasteiger partial charge on any atom is 0.358 e. The molecule has 0 spiro atoms. The van der Waals surface area contributed by atoms with Gasteiger partial charge in [0.1, 0.15) is 5.54 Å². The molecular formula is C23H22N2O5. The lowest BCUT2D eigenvalue weighted by molar-refractivity contribution is -0.179. The molecule has 1 saturated carbocycles. The summed E-state index contributed by atoms with van der Waals surface area (Å²) in [6.45, 7) is 1.33. The molecule has 2 aromatic rings. The molecule has 0 radical (unpaired) electrons. The lowest BCUT2D eigenvalue weighted by Crippen LogP contribution is -2.58. The highest BCUT2D eigenvalue weighted by molar-refractivity contribution is 6.21. The Morgan fingerprint density at radius 1 is 0.933 bits per heavy atom. The Balaban J connectivity index is 1.52. The van der Waals surface area contributed by atoms with Crippen LogP contribution < -0.4 is 5.32 Å². The van der Waals surface area contributed by atoms with Gasteiger partial charge < -0.3 is 10.2 Å². The number of hydrogen-bond acceptors (Lipinski definition) is 5. The van der Waals surface area contributed by atoms with E-state index in [4.69, 9.17) is 4.84 Å². The molecule has 2 aromatic carbocycles. The van der Waals surface area contributed by atoms with Crippen molar-refractivity contribution < 1.29 is 24.0 Å². The van der Waals surface area contributed by atoms with Crippen LogP contribution in [0.15, 0.2) is 54.6 Å². The highest BCUT2D eigenvalue weighted by Gasteiger charge is 2.48. The van der Waals surface area contributed by atoms with E-state index in [1.807, 2.05) is 30.3 Å². The van der Waals surface area contributed by atoms with Crippen LogP contribution >= 0.6 is 0 Å². The average molecular weight is 406 g/mol. The van der Waals surface area contributed by atoms with Gasteiger partial charge in [-0.2, -0.15) is 0 Å². The Morgan fingerprint density at radius 2 is 1.47 bits per heavy atom. The predicted molar refractivity (Wildman–Crippen MR) is 107 cm³/mol. The van der Waals surface area contributed by atoms with Crippen molar-refractivity contribution in [2.45, 2.75) is 44.1 Å². The van der Waals surface area contributed by atoms with Crippen LogP contribution in [0.1, 0.15) is 64.8 Å². The zero-order valence-electron chi connectivity index (χ0n) is 16.6. The number of hydroxylamine groups is 2. The molecule has 1 fully saturated rings. The van der Waals surface area contributed by atoms with Gasteiger partial charge in [-0.25, -0.2) is 4.79 Å². The number of nitrogens with one attached hydrogen (secondary N) is 1. The van der Waals surface area contributed by atoms with Crippen LogP contribution in [0.5, 0.6) is 0 Å². The van der Waals surface area contributed by atoms with Gasteiger partial charge >= 0.3 is 5.97 Å². The van der Waals surface area contributed by atoms with Crippen molar-refractivity contribution in [2.75, 3.05) is 0 Å². The first-order valence-corrected chi connectivity index (χ1v) is 9.95. The van der Waals surface area contributed by atoms with Crippen molar-refractivity contribution in [3.05, 3.63) is 71.3 Å². The molecule has 3 amide bonds. The van der Waals surface area contributed by atoms with E-state index in [9.17, 15) is 19.2 Å². The van der Waals surface area contributed by atoms with E-state index in [-0.39, 0.29) is 23.0 Å². The summed E-state index contributed by atoms with van der Waals surface area (Å²) in [7, 11) is 0. The third-order valence-corrected chi connectivity index (χ3v) is 5.85. The normalized spacial score (nSPS) is 23.1. The SMILES string of the molecule is CC(=O)NC1(C(=O)ON2C(=O)c3ccccc3C2=O)CCC(c2ccccc2)CC1. The summed E-state index contributed by atoms with van der Waals surface area (Å²) < 4.78 is 0. The molecule has 1 heterocycles. The smallest absolute Gasteiger partial charge is 0.340 e. The van der Waals surface area contributed by atoms with Gasteiger partial charge in [0, 0.05) is 6.92 Å². The molecule has 30 heavy (non-hydrogen) atoms. The van der Waals surface area contributed by atoms with Gasteiger partial charge in [0.25, 0.3) is 11.8 Å². The molecule has 1 aliphatic heterocycles. The quantitative estimate of drug-likeness (QED) is 0.788. The molecule has 0 atom stereocenters. The minimum atomic E-state index is -1.27. The summed E-state index contributed by atoms with van der Waals surface area (Å²) in [6, 6.07) is 16.3. The number of fused-ring (bicyclic) bond motifs is 1. The Bertz CT molecular complexity index is 974. The highest BCUT2D eigenvalue weighted by Crippen LogP contribution is 2.39. The number of imide groups is 1. The summed E-state index contributed by atoms with van der Waals surface area (Å²) >= 11 is 0. The van der Waals surface area contributed by atoms with Crippen molar-refractivity contribution in [3.8, 4) is 0 Å². The van der Waals surface area contributed by atoms with Crippen LogP contribution in [0.3, 0.4) is 0 Å². The number of rotatable bonds is 4. The van der Waals surface area contributed by atoms with Crippen molar-refractivity contribution in [1.82, 2.24) is 10.4 Å². The third kappa shape index (κ3) is 3.47. The average Bonchev–Trinajstić information content (AvgIpc) is 2.99. The van der Waals surface area contributed by atoms with Gasteiger partial charge in [-0.15, -0.1) is 0 Å². The van der Waals surface area contributed by atoms with Gasteiger partial charge in [0.15, 0.2) is 0 Å². The van der Waals surface area contributed by atoms with E-state index in [2.05, 4.69) is 5.32 Å². The standard InChI is InChI=1S/C23H22N2O5/c1-15(26)24-23(13-11-17(12-14-23)16-7-3-2-4-8-16)22(29)30-25-20(27)18-9-5-6-10-19(18)21(25)28/h2-10,17H,11-14H2,1H3,(H,24,26). The third-order valence-electron chi connectivity index (χ3n) is 5.85. The maximum absolute atomic E-state index is 13.1. The van der Waals surface area contributed by atoms with E-state index in [0.717, 1.165) is 0 Å². The lowest BCUT2D eigenvalue weighted by Gasteiger charge is -2.38. The number of amides is 3. The molecule has 1 aliphatic carbocycles. The monoisotopic (exact) mass is 406 g/mol. The van der Waals surface area contributed by atoms with Crippen molar-refractivity contribution >= 4 is 23.7 Å². The zero-order valence-corrected chi connectivity index (χ0v) is 16.6. The minimum absolute atomic E-state index is 0.191. The molecule has 0 unspecified atom stereocenters. The summed E-state index contributed by atoms with van der Waals surface area (Å²) in [6.07, 6.45) is 2.05. The fraction of sp³-hybridized carbons (Fsp3) is 0.304. The van der Waals surface area contributed by atoms with Crippen LogP contribution in [-0.4, -0.2) is 34.3 Å². The zero-order chi connectivity index (χ0) is 21.3. The molecule has 0 saturated heterocycles. The summed E-state index contributed by atoms with van der Waals surface area (Å²) in [5.74, 6) is -2.26. The maximum atomic E-state index is 13.1. The summed E-state index contributed by atoms with van der Waals surface area (Å²) in [4.78, 5) is 55.3. The Kier molecular flexibility index (Phi) is 5.11. The first kappa shape index (κ1) is 19.8. The molecular weight excluding hydrogens is 384 g/mol. The van der Waals surface area contributed by atoms with Crippen molar-refractivity contribution in [1.29, 1.82) is 0 Å². The second-order valence-electron chi connectivity index (χ2n) is 7.78. The van der Waals surface area contributed by atoms with E-state index < -0.39 is 23.3 Å².